The Morgan fingerprint density at radius 1 is 1.50 bits per heavy atom. The van der Waals surface area contributed by atoms with Gasteiger partial charge in [-0.3, -0.25) is 10.1 Å². The first kappa shape index (κ1) is 13.7. The second-order valence-corrected chi connectivity index (χ2v) is 4.09. The molecule has 96 valence electrons. The summed E-state index contributed by atoms with van der Waals surface area (Å²) in [6.45, 7) is 2.85. The van der Waals surface area contributed by atoms with Gasteiger partial charge in [0.25, 0.3) is 0 Å². The van der Waals surface area contributed by atoms with Crippen molar-refractivity contribution in [3.05, 3.63) is 46.1 Å². The van der Waals surface area contributed by atoms with Crippen LogP contribution in [0, 0.1) is 10.1 Å². The first-order valence-electron chi connectivity index (χ1n) is 5.15. The summed E-state index contributed by atoms with van der Waals surface area (Å²) in [4.78, 5) is 20.5. The Bertz CT molecular complexity index is 493. The van der Waals surface area contributed by atoms with Gasteiger partial charge in [0.2, 0.25) is 6.20 Å². The fourth-order valence-corrected chi connectivity index (χ4v) is 1.17. The van der Waals surface area contributed by atoms with Crippen molar-refractivity contribution in [2.75, 3.05) is 0 Å². The van der Waals surface area contributed by atoms with E-state index in [1.807, 2.05) is 0 Å². The van der Waals surface area contributed by atoms with E-state index in [-0.39, 0.29) is 0 Å². The first-order valence-corrected chi connectivity index (χ1v) is 5.15. The quantitative estimate of drug-likeness (QED) is 0.639. The van der Waals surface area contributed by atoms with Gasteiger partial charge in [-0.15, -0.1) is 0 Å². The van der Waals surface area contributed by atoms with E-state index in [0.29, 0.717) is 11.3 Å². The van der Waals surface area contributed by atoms with Crippen LogP contribution in [0.5, 0.6) is 5.75 Å². The molecule has 6 nitrogen and oxygen atoms in total. The maximum Gasteiger partial charge on any atom is 0.347 e. The Balaban J connectivity index is 2.89. The fraction of sp³-hybridized carbons (Fsp3) is 0.250. The van der Waals surface area contributed by atoms with Crippen molar-refractivity contribution in [2.24, 2.45) is 0 Å². The van der Waals surface area contributed by atoms with Crippen molar-refractivity contribution in [1.29, 1.82) is 0 Å². The molecule has 0 spiro atoms. The normalized spacial score (nSPS) is 11.4. The zero-order valence-electron chi connectivity index (χ0n) is 9.99. The average molecular weight is 251 g/mol. The van der Waals surface area contributed by atoms with Gasteiger partial charge in [-0.05, 0) is 31.5 Å². The van der Waals surface area contributed by atoms with Crippen LogP contribution >= 0.6 is 0 Å². The lowest BCUT2D eigenvalue weighted by Crippen LogP contribution is -2.37. The number of hydrogen-bond acceptors (Lipinski definition) is 4. The lowest BCUT2D eigenvalue weighted by atomic mass is 10.1. The zero-order valence-corrected chi connectivity index (χ0v) is 9.99. The number of benzene rings is 1. The molecule has 0 heterocycles. The smallest absolute Gasteiger partial charge is 0.347 e. The molecule has 0 aromatic heterocycles. The van der Waals surface area contributed by atoms with Crippen LogP contribution in [0.1, 0.15) is 19.4 Å². The molecule has 18 heavy (non-hydrogen) atoms. The topological polar surface area (TPSA) is 89.7 Å². The van der Waals surface area contributed by atoms with Gasteiger partial charge in [-0.2, -0.15) is 0 Å². The third kappa shape index (κ3) is 3.89. The minimum Gasteiger partial charge on any atom is -0.478 e. The van der Waals surface area contributed by atoms with Gasteiger partial charge in [0.15, 0.2) is 5.60 Å². The van der Waals surface area contributed by atoms with E-state index in [0.717, 1.165) is 6.20 Å². The van der Waals surface area contributed by atoms with Crippen LogP contribution in [-0.4, -0.2) is 21.6 Å². The molecular formula is C12H13NO5. The summed E-state index contributed by atoms with van der Waals surface area (Å²) in [6, 6.07) is 6.41. The molecule has 0 aliphatic rings. The molecule has 0 bridgehead atoms. The molecule has 1 aromatic rings. The molecule has 1 N–H and O–H groups in total. The van der Waals surface area contributed by atoms with E-state index in [9.17, 15) is 14.9 Å². The molecule has 1 rings (SSSR count). The number of hydrogen-bond donors (Lipinski definition) is 1. The summed E-state index contributed by atoms with van der Waals surface area (Å²) < 4.78 is 5.31. The van der Waals surface area contributed by atoms with Crippen LogP contribution < -0.4 is 4.74 Å². The number of rotatable bonds is 5. The lowest BCUT2D eigenvalue weighted by Gasteiger charge is -2.21. The number of carboxylic acids is 1. The van der Waals surface area contributed by atoms with E-state index in [4.69, 9.17) is 9.84 Å². The number of nitrogens with zero attached hydrogens (tertiary/aromatic N) is 1. The van der Waals surface area contributed by atoms with Crippen molar-refractivity contribution in [1.82, 2.24) is 0 Å². The Hall–Kier alpha value is -2.37. The SMILES string of the molecule is CC(C)(Oc1cccc(/C=C/[N+](=O)[O-])c1)C(=O)O. The highest BCUT2D eigenvalue weighted by Gasteiger charge is 2.29. The van der Waals surface area contributed by atoms with E-state index in [1.54, 1.807) is 18.2 Å². The Morgan fingerprint density at radius 2 is 2.17 bits per heavy atom. The Kier molecular flexibility index (Phi) is 4.04. The zero-order chi connectivity index (χ0) is 13.8. The standard InChI is InChI=1S/C12H13NO5/c1-12(2,11(14)15)18-10-5-3-4-9(8-10)6-7-13(16)17/h3-8H,1-2H3,(H,14,15)/b7-6+. The van der Waals surface area contributed by atoms with E-state index in [1.165, 1.54) is 26.0 Å². The fourth-order valence-electron chi connectivity index (χ4n) is 1.17. The highest BCUT2D eigenvalue weighted by Crippen LogP contribution is 2.20. The van der Waals surface area contributed by atoms with Gasteiger partial charge in [-0.25, -0.2) is 4.79 Å². The third-order valence-corrected chi connectivity index (χ3v) is 2.13. The van der Waals surface area contributed by atoms with Crippen molar-refractivity contribution < 1.29 is 19.6 Å². The molecule has 6 heteroatoms. The third-order valence-electron chi connectivity index (χ3n) is 2.13. The highest BCUT2D eigenvalue weighted by atomic mass is 16.6. The Morgan fingerprint density at radius 3 is 2.72 bits per heavy atom. The molecule has 0 aliphatic heterocycles. The molecule has 0 fully saturated rings. The van der Waals surface area contributed by atoms with Gasteiger partial charge in [0, 0.05) is 6.08 Å². The van der Waals surface area contributed by atoms with Crippen molar-refractivity contribution in [2.45, 2.75) is 19.4 Å². The predicted molar refractivity (Wildman–Crippen MR) is 64.8 cm³/mol. The Labute approximate surface area is 104 Å². The molecule has 0 saturated heterocycles. The number of carboxylic acid groups (broad SMARTS) is 1. The molecule has 0 unspecified atom stereocenters. The van der Waals surface area contributed by atoms with Gasteiger partial charge in [0.05, 0.1) is 4.92 Å². The van der Waals surface area contributed by atoms with E-state index >= 15 is 0 Å². The van der Waals surface area contributed by atoms with E-state index < -0.39 is 16.5 Å². The van der Waals surface area contributed by atoms with Crippen LogP contribution in [0.15, 0.2) is 30.5 Å². The largest absolute Gasteiger partial charge is 0.478 e. The monoisotopic (exact) mass is 251 g/mol. The van der Waals surface area contributed by atoms with Crippen LogP contribution in [-0.2, 0) is 4.79 Å². The number of ether oxygens (including phenoxy) is 1. The molecule has 0 aliphatic carbocycles. The summed E-state index contributed by atoms with van der Waals surface area (Å²) in [5.41, 5.74) is -0.795. The molecular weight excluding hydrogens is 238 g/mol. The minimum absolute atomic E-state index is 0.341. The van der Waals surface area contributed by atoms with E-state index in [2.05, 4.69) is 0 Å². The highest BCUT2D eigenvalue weighted by molar-refractivity contribution is 5.76. The molecule has 0 atom stereocenters. The second kappa shape index (κ2) is 5.31. The van der Waals surface area contributed by atoms with Crippen molar-refractivity contribution >= 4 is 12.0 Å². The van der Waals surface area contributed by atoms with Crippen molar-refractivity contribution in [3.8, 4) is 5.75 Å². The number of nitro groups is 1. The maximum absolute atomic E-state index is 10.9. The summed E-state index contributed by atoms with van der Waals surface area (Å²) in [5.74, 6) is -0.748. The summed E-state index contributed by atoms with van der Waals surface area (Å²) in [6.07, 6.45) is 2.11. The molecule has 0 radical (unpaired) electrons. The lowest BCUT2D eigenvalue weighted by molar-refractivity contribution is -0.400. The average Bonchev–Trinajstić information content (AvgIpc) is 2.26. The predicted octanol–water partition coefficient (Wildman–Crippen LogP) is 2.18. The number of aliphatic carboxylic acids is 1. The van der Waals surface area contributed by atoms with Gasteiger partial charge < -0.3 is 9.84 Å². The maximum atomic E-state index is 10.9. The second-order valence-electron chi connectivity index (χ2n) is 4.09. The summed E-state index contributed by atoms with van der Waals surface area (Å²) in [7, 11) is 0. The van der Waals surface area contributed by atoms with Gasteiger partial charge in [-0.1, -0.05) is 12.1 Å². The summed E-state index contributed by atoms with van der Waals surface area (Å²) >= 11 is 0. The summed E-state index contributed by atoms with van der Waals surface area (Å²) in [5, 5.41) is 19.1. The van der Waals surface area contributed by atoms with Crippen LogP contribution in [0.3, 0.4) is 0 Å². The van der Waals surface area contributed by atoms with Crippen LogP contribution in [0.25, 0.3) is 6.08 Å². The van der Waals surface area contributed by atoms with Crippen LogP contribution in [0.4, 0.5) is 0 Å². The van der Waals surface area contributed by atoms with Gasteiger partial charge in [0.1, 0.15) is 5.75 Å². The molecule has 0 saturated carbocycles. The molecule has 0 amide bonds. The number of carbonyl (C=O) groups is 1. The first-order chi connectivity index (χ1) is 8.31. The molecule has 1 aromatic carbocycles. The minimum atomic E-state index is -1.36. The van der Waals surface area contributed by atoms with Crippen LogP contribution in [0.2, 0.25) is 0 Å². The van der Waals surface area contributed by atoms with Gasteiger partial charge >= 0.3 is 5.97 Å². The van der Waals surface area contributed by atoms with Crippen molar-refractivity contribution in [3.63, 3.8) is 0 Å².